The summed E-state index contributed by atoms with van der Waals surface area (Å²) in [6.07, 6.45) is -6.86. The number of benzene rings is 1. The van der Waals surface area contributed by atoms with Crippen LogP contribution in [0, 0.1) is 5.82 Å². The number of rotatable bonds is 7. The molecule has 1 unspecified atom stereocenters. The summed E-state index contributed by atoms with van der Waals surface area (Å²) in [5, 5.41) is 16.2. The molecule has 5 rings (SSSR count). The van der Waals surface area contributed by atoms with Crippen LogP contribution in [0.2, 0.25) is 0 Å². The molecule has 2 saturated heterocycles. The zero-order valence-corrected chi connectivity index (χ0v) is 24.5. The topological polar surface area (TPSA) is 138 Å². The summed E-state index contributed by atoms with van der Waals surface area (Å²) >= 11 is 0. The van der Waals surface area contributed by atoms with Gasteiger partial charge in [-0.25, -0.2) is 27.1 Å². The Morgan fingerprint density at radius 2 is 1.85 bits per heavy atom. The van der Waals surface area contributed by atoms with Gasteiger partial charge in [0.15, 0.2) is 5.82 Å². The minimum absolute atomic E-state index is 0.0318. The molecule has 2 amide bonds. The first-order valence-corrected chi connectivity index (χ1v) is 14.1. The van der Waals surface area contributed by atoms with Crippen molar-refractivity contribution in [3.8, 4) is 17.0 Å². The molecule has 2 aliphatic heterocycles. The van der Waals surface area contributed by atoms with Crippen LogP contribution in [-0.2, 0) is 11.3 Å². The zero-order chi connectivity index (χ0) is 33.8. The molecule has 250 valence electrons. The van der Waals surface area contributed by atoms with Crippen molar-refractivity contribution in [2.24, 2.45) is 0 Å². The van der Waals surface area contributed by atoms with Crippen molar-refractivity contribution in [3.63, 3.8) is 0 Å². The Morgan fingerprint density at radius 1 is 1.17 bits per heavy atom. The van der Waals surface area contributed by atoms with Gasteiger partial charge in [-0.3, -0.25) is 14.5 Å². The van der Waals surface area contributed by atoms with Crippen molar-refractivity contribution in [2.45, 2.75) is 56.2 Å². The molecule has 2 aromatic heterocycles. The number of hydrogen-bond acceptors (Lipinski definition) is 8. The first-order chi connectivity index (χ1) is 21.4. The Balaban J connectivity index is 1.44. The molecule has 3 aromatic rings. The fourth-order valence-corrected chi connectivity index (χ4v) is 5.58. The van der Waals surface area contributed by atoms with Crippen molar-refractivity contribution in [2.75, 3.05) is 39.0 Å². The van der Waals surface area contributed by atoms with Crippen molar-refractivity contribution in [1.82, 2.24) is 29.7 Å². The third kappa shape index (κ3) is 6.14. The van der Waals surface area contributed by atoms with E-state index in [1.165, 1.54) is 10.6 Å². The van der Waals surface area contributed by atoms with Gasteiger partial charge in [-0.15, -0.1) is 0 Å². The fourth-order valence-electron chi connectivity index (χ4n) is 5.58. The van der Waals surface area contributed by atoms with Crippen LogP contribution in [0.25, 0.3) is 16.8 Å². The standard InChI is InChI=1S/C28H30F7N7O4/c1-26(45,28(33,34)35)25(44)41-11-18(30)19(12-41)39-24(43)16-8-15(17(29)9-21(16)46-2)20-7-14(22-23(36)37-13-38-42(20)22)10-40-5-3-27(31,32)4-6-40/h7-9,13,18-19,45H,3-6,10-12H2,1-2H3,(H,39,43)(H2,36,37,38)/t18-,19+,26?/m0/s1. The minimum Gasteiger partial charge on any atom is -0.496 e. The van der Waals surface area contributed by atoms with Gasteiger partial charge in [-0.05, 0) is 24.6 Å². The van der Waals surface area contributed by atoms with Gasteiger partial charge in [0.25, 0.3) is 17.7 Å². The van der Waals surface area contributed by atoms with Crippen LogP contribution in [0.15, 0.2) is 24.5 Å². The molecule has 2 aliphatic rings. The fraction of sp³-hybridized carbons (Fsp3) is 0.500. The average molecular weight is 662 g/mol. The Kier molecular flexibility index (Phi) is 8.56. The molecular weight excluding hydrogens is 631 g/mol. The number of methoxy groups -OCH3 is 1. The summed E-state index contributed by atoms with van der Waals surface area (Å²) in [4.78, 5) is 31.9. The van der Waals surface area contributed by atoms with E-state index in [4.69, 9.17) is 10.5 Å². The number of ether oxygens (including phenoxy) is 1. The number of carbonyl (C=O) groups excluding carboxylic acids is 2. The van der Waals surface area contributed by atoms with E-state index < -0.39 is 60.6 Å². The Bertz CT molecular complexity index is 1650. The number of halogens is 7. The predicted molar refractivity (Wildman–Crippen MR) is 148 cm³/mol. The number of likely N-dealkylation sites (tertiary alicyclic amines) is 2. The Labute approximate surface area is 257 Å². The Morgan fingerprint density at radius 3 is 2.48 bits per heavy atom. The second-order valence-electron chi connectivity index (χ2n) is 11.5. The smallest absolute Gasteiger partial charge is 0.426 e. The number of nitrogens with zero attached hydrogens (tertiary/aromatic N) is 5. The highest BCUT2D eigenvalue weighted by molar-refractivity contribution is 5.99. The average Bonchev–Trinajstić information content (AvgIpc) is 3.53. The number of aromatic nitrogens is 3. The lowest BCUT2D eigenvalue weighted by atomic mass is 10.0. The van der Waals surface area contributed by atoms with Crippen molar-refractivity contribution >= 4 is 23.1 Å². The quantitative estimate of drug-likeness (QED) is 0.329. The van der Waals surface area contributed by atoms with Crippen LogP contribution >= 0.6 is 0 Å². The normalized spacial score (nSPS) is 21.7. The van der Waals surface area contributed by atoms with Crippen LogP contribution < -0.4 is 15.8 Å². The van der Waals surface area contributed by atoms with Gasteiger partial charge >= 0.3 is 6.18 Å². The third-order valence-electron chi connectivity index (χ3n) is 8.27. The summed E-state index contributed by atoms with van der Waals surface area (Å²) in [5.74, 6) is -6.63. The molecule has 0 radical (unpaired) electrons. The maximum Gasteiger partial charge on any atom is 0.426 e. The largest absolute Gasteiger partial charge is 0.496 e. The van der Waals surface area contributed by atoms with Gasteiger partial charge in [0, 0.05) is 50.7 Å². The molecule has 0 aliphatic carbocycles. The molecule has 0 bridgehead atoms. The predicted octanol–water partition coefficient (Wildman–Crippen LogP) is 2.95. The molecular formula is C28H30F7N7O4. The second kappa shape index (κ2) is 11.9. The number of anilines is 1. The number of nitrogen functional groups attached to an aromatic ring is 1. The van der Waals surface area contributed by atoms with Crippen LogP contribution in [0.5, 0.6) is 5.75 Å². The number of hydrogen-bond donors (Lipinski definition) is 3. The van der Waals surface area contributed by atoms with E-state index in [0.717, 1.165) is 25.6 Å². The number of alkyl halides is 6. The first-order valence-electron chi connectivity index (χ1n) is 14.1. The molecule has 18 heteroatoms. The molecule has 0 spiro atoms. The van der Waals surface area contributed by atoms with Crippen LogP contribution in [0.1, 0.15) is 35.7 Å². The highest BCUT2D eigenvalue weighted by atomic mass is 19.4. The van der Waals surface area contributed by atoms with Gasteiger partial charge < -0.3 is 25.8 Å². The highest BCUT2D eigenvalue weighted by Gasteiger charge is 2.58. The molecule has 46 heavy (non-hydrogen) atoms. The van der Waals surface area contributed by atoms with Gasteiger partial charge in [0.05, 0.1) is 31.0 Å². The van der Waals surface area contributed by atoms with Crippen LogP contribution in [0.4, 0.5) is 36.6 Å². The van der Waals surface area contributed by atoms with Gasteiger partial charge in [-0.1, -0.05) is 0 Å². The monoisotopic (exact) mass is 661 g/mol. The second-order valence-corrected chi connectivity index (χ2v) is 11.5. The van der Waals surface area contributed by atoms with Gasteiger partial charge in [-0.2, -0.15) is 18.3 Å². The van der Waals surface area contributed by atoms with E-state index in [2.05, 4.69) is 15.4 Å². The van der Waals surface area contributed by atoms with E-state index in [9.17, 15) is 41.0 Å². The van der Waals surface area contributed by atoms with Crippen molar-refractivity contribution < 1.29 is 50.2 Å². The number of aliphatic hydroxyl groups is 1. The lowest BCUT2D eigenvalue weighted by Crippen LogP contribution is -2.56. The van der Waals surface area contributed by atoms with Crippen molar-refractivity contribution in [3.05, 3.63) is 41.5 Å². The van der Waals surface area contributed by atoms with Crippen LogP contribution in [0.3, 0.4) is 0 Å². The van der Waals surface area contributed by atoms with E-state index >= 15 is 4.39 Å². The van der Waals surface area contributed by atoms with E-state index in [0.29, 0.717) is 16.0 Å². The maximum atomic E-state index is 15.5. The summed E-state index contributed by atoms with van der Waals surface area (Å²) < 4.78 is 104. The minimum atomic E-state index is -5.32. The number of carbonyl (C=O) groups is 2. The summed E-state index contributed by atoms with van der Waals surface area (Å²) in [5.41, 5.74) is 2.81. The molecule has 3 atom stereocenters. The van der Waals surface area contributed by atoms with Gasteiger partial charge in [0.1, 0.15) is 29.6 Å². The molecule has 4 heterocycles. The summed E-state index contributed by atoms with van der Waals surface area (Å²) in [7, 11) is 1.15. The molecule has 0 saturated carbocycles. The van der Waals surface area contributed by atoms with Crippen LogP contribution in [-0.4, -0.2) is 105 Å². The molecule has 1 aromatic carbocycles. The number of nitrogens with one attached hydrogen (secondary N) is 1. The third-order valence-corrected chi connectivity index (χ3v) is 8.27. The molecule has 4 N–H and O–H groups in total. The molecule has 11 nitrogen and oxygen atoms in total. The van der Waals surface area contributed by atoms with E-state index in [1.807, 2.05) is 0 Å². The number of piperidine rings is 1. The lowest BCUT2D eigenvalue weighted by Gasteiger charge is -2.31. The lowest BCUT2D eigenvalue weighted by molar-refractivity contribution is -0.249. The SMILES string of the molecule is COc1cc(F)c(-c2cc(CN3CCC(F)(F)CC3)c3c(N)ncnn23)cc1C(=O)N[C@@H]1CN(C(=O)C(C)(O)C(F)(F)F)C[C@@H]1F. The highest BCUT2D eigenvalue weighted by Crippen LogP contribution is 2.36. The summed E-state index contributed by atoms with van der Waals surface area (Å²) in [6, 6.07) is 2.07. The zero-order valence-electron chi connectivity index (χ0n) is 24.5. The number of amides is 2. The Hall–Kier alpha value is -4.19. The first kappa shape index (κ1) is 33.2. The number of nitrogens with two attached hydrogens (primary N) is 1. The molecule has 2 fully saturated rings. The van der Waals surface area contributed by atoms with E-state index in [1.54, 1.807) is 4.90 Å². The number of fused-ring (bicyclic) bond motifs is 1. The van der Waals surface area contributed by atoms with Gasteiger partial charge in [0.2, 0.25) is 5.60 Å². The van der Waals surface area contributed by atoms with E-state index in [-0.39, 0.29) is 67.8 Å². The summed E-state index contributed by atoms with van der Waals surface area (Å²) in [6.45, 7) is -0.891. The maximum absolute atomic E-state index is 15.5. The van der Waals surface area contributed by atoms with Crippen molar-refractivity contribution in [1.29, 1.82) is 0 Å².